The summed E-state index contributed by atoms with van der Waals surface area (Å²) in [5.74, 6) is 0.858. The van der Waals surface area contributed by atoms with E-state index in [0.717, 1.165) is 41.8 Å². The predicted octanol–water partition coefficient (Wildman–Crippen LogP) is 5.33. The van der Waals surface area contributed by atoms with Crippen LogP contribution >= 0.6 is 0 Å². The summed E-state index contributed by atoms with van der Waals surface area (Å²) in [7, 11) is 9.55. The van der Waals surface area contributed by atoms with Gasteiger partial charge in [0.1, 0.15) is 17.9 Å². The second kappa shape index (κ2) is 17.6. The molecule has 9 atom stereocenters. The average Bonchev–Trinajstić information content (AvgIpc) is 3.48. The molecule has 0 aromatic heterocycles. The lowest BCUT2D eigenvalue weighted by molar-refractivity contribution is -0.177. The molecule has 4 N–H and O–H groups in total. The third-order valence-corrected chi connectivity index (χ3v) is 12.8. The molecule has 0 radical (unpaired) electrons. The molecular weight excluding hydrogens is 721 g/mol. The van der Waals surface area contributed by atoms with E-state index in [1.165, 1.54) is 13.3 Å². The molecule has 2 aromatic carbocycles. The summed E-state index contributed by atoms with van der Waals surface area (Å²) in [6, 6.07) is 10.9. The Balaban J connectivity index is 1.48. The molecule has 1 unspecified atom stereocenters. The van der Waals surface area contributed by atoms with Gasteiger partial charge in [-0.1, -0.05) is 59.7 Å². The average molecular weight is 791 g/mol. The maximum absolute atomic E-state index is 14.5. The number of nitrogens with one attached hydrogen (secondary N) is 3. The van der Waals surface area contributed by atoms with Gasteiger partial charge >= 0.3 is 0 Å². The number of hydrogen-bond acceptors (Lipinski definition) is 9. The summed E-state index contributed by atoms with van der Waals surface area (Å²) in [6.07, 6.45) is 1.41. The molecule has 6 rings (SSSR count). The summed E-state index contributed by atoms with van der Waals surface area (Å²) in [5.41, 5.74) is 4.06. The van der Waals surface area contributed by atoms with Crippen molar-refractivity contribution in [2.75, 3.05) is 53.3 Å². The van der Waals surface area contributed by atoms with Crippen LogP contribution in [0.1, 0.15) is 90.6 Å². The molecule has 3 amide bonds. The SMILES string of the molecule is COc1c(CN2O[C@@H](CNC(C)=O)[C@@H]([C@H](C)O)[C@H]2C(=O)NC2C[C@H]3C[C@@H]([C@@H]2C)C3(C)C)cccc1-c1cc(C(=O)N[C@H](CN(C)C)CC(C)(C)C)cc(N(C)C)c1. The number of carbonyl (C=O) groups excluding carboxylic acids is 3. The lowest BCUT2D eigenvalue weighted by Crippen LogP contribution is -2.62. The highest BCUT2D eigenvalue weighted by Gasteiger charge is 2.57. The normalized spacial score (nSPS) is 26.6. The van der Waals surface area contributed by atoms with Crippen molar-refractivity contribution in [2.24, 2.45) is 34.5 Å². The first-order valence-corrected chi connectivity index (χ1v) is 20.7. The van der Waals surface area contributed by atoms with Crippen molar-refractivity contribution in [3.05, 3.63) is 47.5 Å². The Bertz CT molecular complexity index is 1750. The van der Waals surface area contributed by atoms with E-state index >= 15 is 0 Å². The summed E-state index contributed by atoms with van der Waals surface area (Å²) in [6.45, 7) is 17.6. The lowest BCUT2D eigenvalue weighted by Gasteiger charge is -2.62. The molecule has 12 heteroatoms. The van der Waals surface area contributed by atoms with E-state index in [0.29, 0.717) is 29.1 Å². The number of anilines is 1. The van der Waals surface area contributed by atoms with Crippen LogP contribution in [0.5, 0.6) is 5.75 Å². The van der Waals surface area contributed by atoms with Crippen molar-refractivity contribution in [3.8, 4) is 16.9 Å². The summed E-state index contributed by atoms with van der Waals surface area (Å²) < 4.78 is 6.14. The number of methoxy groups -OCH3 is 1. The van der Waals surface area contributed by atoms with E-state index in [-0.39, 0.29) is 53.7 Å². The minimum Gasteiger partial charge on any atom is -0.496 e. The van der Waals surface area contributed by atoms with Gasteiger partial charge in [-0.05, 0) is 92.6 Å². The van der Waals surface area contributed by atoms with Crippen LogP contribution in [-0.2, 0) is 21.0 Å². The second-order valence-corrected chi connectivity index (χ2v) is 19.3. The number of amides is 3. The third kappa shape index (κ3) is 10.1. The van der Waals surface area contributed by atoms with Gasteiger partial charge in [0, 0.05) is 74.5 Å². The molecule has 57 heavy (non-hydrogen) atoms. The van der Waals surface area contributed by atoms with Crippen molar-refractivity contribution in [2.45, 2.75) is 112 Å². The van der Waals surface area contributed by atoms with Gasteiger partial charge in [-0.25, -0.2) is 0 Å². The van der Waals surface area contributed by atoms with Crippen molar-refractivity contribution in [1.82, 2.24) is 25.9 Å². The van der Waals surface area contributed by atoms with Crippen molar-refractivity contribution in [1.29, 1.82) is 0 Å². The van der Waals surface area contributed by atoms with E-state index in [9.17, 15) is 19.5 Å². The second-order valence-electron chi connectivity index (χ2n) is 19.3. The number of para-hydroxylation sites is 1. The molecule has 2 aromatic rings. The summed E-state index contributed by atoms with van der Waals surface area (Å²) in [5, 5.41) is 22.4. The Kier molecular flexibility index (Phi) is 13.7. The molecule has 3 aliphatic carbocycles. The van der Waals surface area contributed by atoms with E-state index in [1.807, 2.05) is 69.5 Å². The molecule has 2 bridgehead atoms. The Labute approximate surface area is 341 Å². The van der Waals surface area contributed by atoms with E-state index in [2.05, 4.69) is 62.4 Å². The highest BCUT2D eigenvalue weighted by molar-refractivity contribution is 5.97. The molecule has 1 saturated heterocycles. The largest absolute Gasteiger partial charge is 0.496 e. The first-order valence-electron chi connectivity index (χ1n) is 20.7. The number of hydroxylamine groups is 2. The lowest BCUT2D eigenvalue weighted by atomic mass is 9.45. The first-order chi connectivity index (χ1) is 26.6. The van der Waals surface area contributed by atoms with Crippen LogP contribution < -0.4 is 25.6 Å². The molecule has 12 nitrogen and oxygen atoms in total. The number of rotatable bonds is 15. The zero-order valence-electron chi connectivity index (χ0n) is 36.7. The molecule has 3 saturated carbocycles. The van der Waals surface area contributed by atoms with E-state index < -0.39 is 24.2 Å². The number of hydrogen-bond donors (Lipinski definition) is 4. The maximum atomic E-state index is 14.5. The van der Waals surface area contributed by atoms with E-state index in [4.69, 9.17) is 9.57 Å². The fourth-order valence-electron chi connectivity index (χ4n) is 9.86. The van der Waals surface area contributed by atoms with Gasteiger partial charge in [0.15, 0.2) is 0 Å². The van der Waals surface area contributed by atoms with Gasteiger partial charge < -0.3 is 35.6 Å². The maximum Gasteiger partial charge on any atom is 0.251 e. The Morgan fingerprint density at radius 3 is 2.35 bits per heavy atom. The van der Waals surface area contributed by atoms with Crippen LogP contribution in [0, 0.1) is 34.5 Å². The van der Waals surface area contributed by atoms with Crippen LogP contribution in [-0.4, -0.2) is 112 Å². The number of benzene rings is 2. The van der Waals surface area contributed by atoms with Crippen LogP contribution in [0.2, 0.25) is 0 Å². The fourth-order valence-corrected chi connectivity index (χ4v) is 9.86. The minimum absolute atomic E-state index is 0.0278. The van der Waals surface area contributed by atoms with Crippen LogP contribution in [0.15, 0.2) is 36.4 Å². The Morgan fingerprint density at radius 1 is 1.09 bits per heavy atom. The summed E-state index contributed by atoms with van der Waals surface area (Å²) in [4.78, 5) is 51.1. The zero-order valence-corrected chi connectivity index (χ0v) is 36.7. The number of ether oxygens (including phenoxy) is 1. The third-order valence-electron chi connectivity index (χ3n) is 12.8. The number of fused-ring (bicyclic) bond motifs is 2. The highest BCUT2D eigenvalue weighted by atomic mass is 16.7. The fraction of sp³-hybridized carbons (Fsp3) is 0.667. The highest BCUT2D eigenvalue weighted by Crippen LogP contribution is 2.61. The van der Waals surface area contributed by atoms with Gasteiger partial charge in [0.2, 0.25) is 11.8 Å². The minimum atomic E-state index is -0.895. The summed E-state index contributed by atoms with van der Waals surface area (Å²) >= 11 is 0. The van der Waals surface area contributed by atoms with E-state index in [1.54, 1.807) is 19.1 Å². The predicted molar refractivity (Wildman–Crippen MR) is 226 cm³/mol. The van der Waals surface area contributed by atoms with Crippen LogP contribution in [0.25, 0.3) is 11.1 Å². The smallest absolute Gasteiger partial charge is 0.251 e. The monoisotopic (exact) mass is 791 g/mol. The molecule has 4 fully saturated rings. The molecule has 1 heterocycles. The molecule has 4 aliphatic rings. The Hall–Kier alpha value is -3.71. The van der Waals surface area contributed by atoms with Crippen LogP contribution in [0.4, 0.5) is 5.69 Å². The molecule has 0 spiro atoms. The zero-order chi connectivity index (χ0) is 42.1. The Morgan fingerprint density at radius 2 is 1.79 bits per heavy atom. The van der Waals surface area contributed by atoms with Gasteiger partial charge in [-0.3, -0.25) is 19.2 Å². The first kappa shape index (κ1) is 44.4. The van der Waals surface area contributed by atoms with Crippen molar-refractivity contribution in [3.63, 3.8) is 0 Å². The molecule has 316 valence electrons. The van der Waals surface area contributed by atoms with Gasteiger partial charge in [-0.2, -0.15) is 5.06 Å². The van der Waals surface area contributed by atoms with Crippen molar-refractivity contribution < 1.29 is 29.1 Å². The topological polar surface area (TPSA) is 136 Å². The van der Waals surface area contributed by atoms with Crippen LogP contribution in [0.3, 0.4) is 0 Å². The quantitative estimate of drug-likeness (QED) is 0.189. The number of carbonyl (C=O) groups is 3. The molecular formula is C45H70N6O6. The number of aliphatic hydroxyl groups is 1. The number of nitrogens with zero attached hydrogens (tertiary/aromatic N) is 3. The van der Waals surface area contributed by atoms with Gasteiger partial charge in [0.25, 0.3) is 5.91 Å². The molecule has 1 aliphatic heterocycles. The number of likely N-dealkylation sites (N-methyl/N-ethyl adjacent to an activating group) is 1. The van der Waals surface area contributed by atoms with Gasteiger partial charge in [0.05, 0.1) is 19.8 Å². The number of aliphatic hydroxyl groups excluding tert-OH is 1. The van der Waals surface area contributed by atoms with Crippen molar-refractivity contribution >= 4 is 23.4 Å². The van der Waals surface area contributed by atoms with Gasteiger partial charge in [-0.15, -0.1) is 0 Å². The standard InChI is InChI=1S/C45H70N6O6/c1-26-36-20-32(45(36,7)8)21-37(26)48-43(55)40-39(27(2)52)38(23-46-28(3)53)57-51(40)24-29-15-14-16-35(41(29)56-13)30-17-31(19-34(18-30)50(11)12)42(54)47-33(25-49(9)10)22-44(4,5)6/h14-19,26-27,32-33,36-40,52H,20-25H2,1-13H3,(H,46,53)(H,47,54)(H,48,55)/t26-,27-,32+,33-,36-,37?,38-,39+,40-/m0/s1.